The number of ether oxygens (including phenoxy) is 2. The largest absolute Gasteiger partial charge is 0.454 e. The Bertz CT molecular complexity index is 1110. The SMILES string of the molecule is Cc1ccccc1-c1ccc(CC(=O)C2(c3ccc4c(c3)OCO4)CC2)nc1C. The summed E-state index contributed by atoms with van der Waals surface area (Å²) in [7, 11) is 0. The van der Waals surface area contributed by atoms with Crippen LogP contribution in [-0.2, 0) is 16.6 Å². The molecule has 2 heterocycles. The molecule has 0 radical (unpaired) electrons. The second-order valence-corrected chi connectivity index (χ2v) is 8.00. The number of carbonyl (C=O) groups excluding carboxylic acids is 1. The van der Waals surface area contributed by atoms with E-state index in [2.05, 4.69) is 25.1 Å². The van der Waals surface area contributed by atoms with Crippen LogP contribution < -0.4 is 9.47 Å². The van der Waals surface area contributed by atoms with E-state index >= 15 is 0 Å². The highest BCUT2D eigenvalue weighted by Crippen LogP contribution is 2.51. The van der Waals surface area contributed by atoms with Crippen LogP contribution in [0, 0.1) is 13.8 Å². The predicted molar refractivity (Wildman–Crippen MR) is 111 cm³/mol. The number of benzene rings is 2. The van der Waals surface area contributed by atoms with Crippen molar-refractivity contribution in [2.75, 3.05) is 6.79 Å². The Kier molecular flexibility index (Phi) is 4.16. The Balaban J connectivity index is 1.38. The Hall–Kier alpha value is -3.14. The van der Waals surface area contributed by atoms with Gasteiger partial charge in [-0.3, -0.25) is 9.78 Å². The lowest BCUT2D eigenvalue weighted by atomic mass is 9.88. The van der Waals surface area contributed by atoms with Gasteiger partial charge in [0.1, 0.15) is 5.78 Å². The number of rotatable bonds is 5. The Morgan fingerprint density at radius 1 is 0.966 bits per heavy atom. The zero-order valence-corrected chi connectivity index (χ0v) is 16.7. The number of Topliss-reactive ketones (excluding diaryl/α,β-unsaturated/α-hetero) is 1. The van der Waals surface area contributed by atoms with Gasteiger partial charge in [0.2, 0.25) is 6.79 Å². The fraction of sp³-hybridized carbons (Fsp3) is 0.280. The van der Waals surface area contributed by atoms with Gasteiger partial charge in [0.15, 0.2) is 11.5 Å². The molecule has 0 atom stereocenters. The number of pyridine rings is 1. The number of fused-ring (bicyclic) bond motifs is 1. The van der Waals surface area contributed by atoms with E-state index in [0.29, 0.717) is 6.42 Å². The average molecular weight is 385 g/mol. The van der Waals surface area contributed by atoms with Crippen molar-refractivity contribution in [2.24, 2.45) is 0 Å². The molecule has 0 N–H and O–H groups in total. The molecule has 2 aliphatic rings. The second kappa shape index (κ2) is 6.73. The summed E-state index contributed by atoms with van der Waals surface area (Å²) in [6.45, 7) is 4.37. The molecule has 1 aliphatic heterocycles. The van der Waals surface area contributed by atoms with E-state index in [4.69, 9.17) is 14.5 Å². The third-order valence-electron chi connectivity index (χ3n) is 6.13. The minimum Gasteiger partial charge on any atom is -0.454 e. The first-order valence-electron chi connectivity index (χ1n) is 10.0. The molecule has 4 nitrogen and oxygen atoms in total. The van der Waals surface area contributed by atoms with E-state index in [1.165, 1.54) is 11.1 Å². The lowest BCUT2D eigenvalue weighted by molar-refractivity contribution is -0.120. The summed E-state index contributed by atoms with van der Waals surface area (Å²) in [6.07, 6.45) is 2.11. The lowest BCUT2D eigenvalue weighted by Crippen LogP contribution is -2.23. The number of ketones is 1. The van der Waals surface area contributed by atoms with E-state index < -0.39 is 5.41 Å². The van der Waals surface area contributed by atoms with Crippen LogP contribution in [0.15, 0.2) is 54.6 Å². The van der Waals surface area contributed by atoms with Crippen LogP contribution in [0.3, 0.4) is 0 Å². The third-order valence-corrected chi connectivity index (χ3v) is 6.13. The summed E-state index contributed by atoms with van der Waals surface area (Å²) in [5, 5.41) is 0. The molecule has 0 spiro atoms. The van der Waals surface area contributed by atoms with E-state index in [0.717, 1.165) is 46.9 Å². The van der Waals surface area contributed by atoms with E-state index in [-0.39, 0.29) is 12.6 Å². The van der Waals surface area contributed by atoms with Crippen molar-refractivity contribution in [2.45, 2.75) is 38.5 Å². The van der Waals surface area contributed by atoms with Gasteiger partial charge in [0.25, 0.3) is 0 Å². The minimum absolute atomic E-state index is 0.229. The van der Waals surface area contributed by atoms with Crippen LogP contribution in [0.25, 0.3) is 11.1 Å². The summed E-state index contributed by atoms with van der Waals surface area (Å²) >= 11 is 0. The number of nitrogens with zero attached hydrogens (tertiary/aromatic N) is 1. The molecular weight excluding hydrogens is 362 g/mol. The van der Waals surface area contributed by atoms with Crippen molar-refractivity contribution in [3.63, 3.8) is 0 Å². The van der Waals surface area contributed by atoms with Crippen molar-refractivity contribution in [3.05, 3.63) is 77.1 Å². The minimum atomic E-state index is -0.398. The first-order chi connectivity index (χ1) is 14.1. The van der Waals surface area contributed by atoms with Crippen LogP contribution in [0.4, 0.5) is 0 Å². The molecule has 2 aromatic carbocycles. The first-order valence-corrected chi connectivity index (χ1v) is 10.0. The van der Waals surface area contributed by atoms with E-state index in [1.54, 1.807) is 0 Å². The van der Waals surface area contributed by atoms with Crippen LogP contribution in [0.5, 0.6) is 11.5 Å². The molecule has 29 heavy (non-hydrogen) atoms. The zero-order valence-electron chi connectivity index (χ0n) is 16.7. The Morgan fingerprint density at radius 3 is 2.52 bits per heavy atom. The molecule has 1 aromatic heterocycles. The summed E-state index contributed by atoms with van der Waals surface area (Å²) in [6, 6.07) is 18.3. The molecule has 1 saturated carbocycles. The molecule has 4 heteroatoms. The summed E-state index contributed by atoms with van der Waals surface area (Å²) in [5.41, 5.74) is 5.95. The van der Waals surface area contributed by atoms with Crippen molar-refractivity contribution in [3.8, 4) is 22.6 Å². The van der Waals surface area contributed by atoms with Gasteiger partial charge in [-0.05, 0) is 61.6 Å². The van der Waals surface area contributed by atoms with Gasteiger partial charge in [-0.1, -0.05) is 36.4 Å². The van der Waals surface area contributed by atoms with Gasteiger partial charge >= 0.3 is 0 Å². The number of aromatic nitrogens is 1. The highest BCUT2D eigenvalue weighted by Gasteiger charge is 2.50. The topological polar surface area (TPSA) is 48.4 Å². The van der Waals surface area contributed by atoms with Crippen molar-refractivity contribution in [1.82, 2.24) is 4.98 Å². The molecule has 1 fully saturated rings. The Labute approximate surface area is 170 Å². The lowest BCUT2D eigenvalue weighted by Gasteiger charge is -2.16. The molecule has 5 rings (SSSR count). The normalized spacial score (nSPS) is 15.9. The van der Waals surface area contributed by atoms with Crippen LogP contribution in [0.2, 0.25) is 0 Å². The van der Waals surface area contributed by atoms with Gasteiger partial charge in [0, 0.05) is 23.4 Å². The average Bonchev–Trinajstić information content (AvgIpc) is 3.40. The maximum Gasteiger partial charge on any atom is 0.231 e. The number of hydrogen-bond donors (Lipinski definition) is 0. The third kappa shape index (κ3) is 3.09. The molecule has 0 saturated heterocycles. The van der Waals surface area contributed by atoms with Gasteiger partial charge in [-0.15, -0.1) is 0 Å². The van der Waals surface area contributed by atoms with Crippen molar-refractivity contribution in [1.29, 1.82) is 0 Å². The maximum atomic E-state index is 13.2. The van der Waals surface area contributed by atoms with Crippen molar-refractivity contribution < 1.29 is 14.3 Å². The van der Waals surface area contributed by atoms with Crippen LogP contribution >= 0.6 is 0 Å². The molecular formula is C25H23NO3. The van der Waals surface area contributed by atoms with Crippen LogP contribution in [0.1, 0.15) is 35.4 Å². The number of carbonyl (C=O) groups is 1. The van der Waals surface area contributed by atoms with Gasteiger partial charge in [-0.25, -0.2) is 0 Å². The summed E-state index contributed by atoms with van der Waals surface area (Å²) in [5.74, 6) is 1.71. The summed E-state index contributed by atoms with van der Waals surface area (Å²) in [4.78, 5) is 18.0. The molecule has 0 bridgehead atoms. The molecule has 146 valence electrons. The second-order valence-electron chi connectivity index (χ2n) is 8.00. The molecule has 0 amide bonds. The predicted octanol–water partition coefficient (Wildman–Crippen LogP) is 4.94. The first kappa shape index (κ1) is 17.9. The quantitative estimate of drug-likeness (QED) is 0.624. The highest BCUT2D eigenvalue weighted by atomic mass is 16.7. The number of aryl methyl sites for hydroxylation is 2. The van der Waals surface area contributed by atoms with Gasteiger partial charge < -0.3 is 9.47 Å². The van der Waals surface area contributed by atoms with Gasteiger partial charge in [-0.2, -0.15) is 0 Å². The van der Waals surface area contributed by atoms with E-state index in [1.807, 2.05) is 43.3 Å². The smallest absolute Gasteiger partial charge is 0.231 e. The molecule has 0 unspecified atom stereocenters. The Morgan fingerprint density at radius 2 is 1.76 bits per heavy atom. The highest BCUT2D eigenvalue weighted by molar-refractivity contribution is 5.94. The monoisotopic (exact) mass is 385 g/mol. The number of hydrogen-bond acceptors (Lipinski definition) is 4. The standard InChI is InChI=1S/C25H23NO3/c1-16-5-3-4-6-20(16)21-9-8-19(26-17(21)2)14-24(27)25(11-12-25)18-7-10-22-23(13-18)29-15-28-22/h3-10,13H,11-12,14-15H2,1-2H3. The van der Waals surface area contributed by atoms with E-state index in [9.17, 15) is 4.79 Å². The van der Waals surface area contributed by atoms with Crippen LogP contribution in [-0.4, -0.2) is 17.6 Å². The van der Waals surface area contributed by atoms with Gasteiger partial charge in [0.05, 0.1) is 5.41 Å². The fourth-order valence-electron chi connectivity index (χ4n) is 4.25. The maximum absolute atomic E-state index is 13.2. The zero-order chi connectivity index (χ0) is 20.0. The summed E-state index contributed by atoms with van der Waals surface area (Å²) < 4.78 is 10.9. The molecule has 1 aliphatic carbocycles. The van der Waals surface area contributed by atoms with Crippen molar-refractivity contribution >= 4 is 5.78 Å². The fourth-order valence-corrected chi connectivity index (χ4v) is 4.25. The molecule has 3 aromatic rings.